The molecule has 2 amide bonds. The zero-order chi connectivity index (χ0) is 21.1. The molecule has 1 unspecified atom stereocenters. The number of nitrogens with zero attached hydrogens (tertiary/aromatic N) is 1. The molecule has 0 saturated carbocycles. The molecule has 5 nitrogen and oxygen atoms in total. The Labute approximate surface area is 187 Å². The van der Waals surface area contributed by atoms with Gasteiger partial charge in [-0.15, -0.1) is 11.8 Å². The van der Waals surface area contributed by atoms with Crippen LogP contribution in [0.2, 0.25) is 0 Å². The highest BCUT2D eigenvalue weighted by Crippen LogP contribution is 2.42. The molecule has 0 aromatic heterocycles. The number of ether oxygens (including phenoxy) is 1. The molecule has 1 atom stereocenters. The maximum atomic E-state index is 12.6. The summed E-state index contributed by atoms with van der Waals surface area (Å²) in [6.07, 6.45) is 0. The predicted molar refractivity (Wildman–Crippen MR) is 124 cm³/mol. The Morgan fingerprint density at radius 3 is 2.70 bits per heavy atom. The molecule has 1 saturated heterocycles. The number of hydrogen-bond acceptors (Lipinski definition) is 4. The monoisotopic (exact) mass is 482 g/mol. The minimum Gasteiger partial charge on any atom is -0.497 e. The normalized spacial score (nSPS) is 15.9. The molecule has 0 spiro atoms. The van der Waals surface area contributed by atoms with Crippen molar-refractivity contribution < 1.29 is 14.3 Å². The van der Waals surface area contributed by atoms with Gasteiger partial charge in [-0.3, -0.25) is 14.5 Å². The van der Waals surface area contributed by atoms with Gasteiger partial charge in [0.15, 0.2) is 0 Å². The number of nitrogens with one attached hydrogen (secondary N) is 1. The quantitative estimate of drug-likeness (QED) is 0.522. The number of benzene rings is 3. The molecule has 3 aromatic rings. The van der Waals surface area contributed by atoms with Crippen LogP contribution in [0.4, 0.5) is 11.4 Å². The van der Waals surface area contributed by atoms with Gasteiger partial charge in [0, 0.05) is 27.5 Å². The van der Waals surface area contributed by atoms with Gasteiger partial charge in [-0.25, -0.2) is 0 Å². The summed E-state index contributed by atoms with van der Waals surface area (Å²) >= 11 is 4.95. The number of carbonyl (C=O) groups excluding carboxylic acids is 2. The molecule has 3 aromatic carbocycles. The lowest BCUT2D eigenvalue weighted by Gasteiger charge is -2.25. The molecule has 1 heterocycles. The van der Waals surface area contributed by atoms with Gasteiger partial charge >= 0.3 is 0 Å². The van der Waals surface area contributed by atoms with E-state index in [9.17, 15) is 9.59 Å². The molecule has 0 radical (unpaired) electrons. The highest BCUT2D eigenvalue weighted by Gasteiger charge is 2.34. The lowest BCUT2D eigenvalue weighted by molar-refractivity contribution is -0.115. The van der Waals surface area contributed by atoms with Crippen molar-refractivity contribution in [1.29, 1.82) is 0 Å². The molecule has 0 bridgehead atoms. The average molecular weight is 483 g/mol. The van der Waals surface area contributed by atoms with Gasteiger partial charge in [0.05, 0.1) is 12.9 Å². The molecule has 1 aliphatic heterocycles. The predicted octanol–water partition coefficient (Wildman–Crippen LogP) is 5.49. The van der Waals surface area contributed by atoms with E-state index in [2.05, 4.69) is 21.2 Å². The van der Waals surface area contributed by atoms with Gasteiger partial charge < -0.3 is 10.1 Å². The lowest BCUT2D eigenvalue weighted by Crippen LogP contribution is -2.27. The van der Waals surface area contributed by atoms with Crippen molar-refractivity contribution in [2.45, 2.75) is 5.37 Å². The largest absolute Gasteiger partial charge is 0.497 e. The van der Waals surface area contributed by atoms with Gasteiger partial charge in [-0.05, 0) is 48.0 Å². The minimum atomic E-state index is -0.187. The summed E-state index contributed by atoms with van der Waals surface area (Å²) in [5.41, 5.74) is 2.99. The zero-order valence-electron chi connectivity index (χ0n) is 16.2. The second-order valence-electron chi connectivity index (χ2n) is 6.72. The van der Waals surface area contributed by atoms with Crippen LogP contribution in [0.5, 0.6) is 5.75 Å². The number of anilines is 2. The molecule has 0 aliphatic carbocycles. The molecular weight excluding hydrogens is 464 g/mol. The number of rotatable bonds is 5. The van der Waals surface area contributed by atoms with E-state index in [4.69, 9.17) is 4.74 Å². The summed E-state index contributed by atoms with van der Waals surface area (Å²) in [6.45, 7) is 0. The van der Waals surface area contributed by atoms with Gasteiger partial charge in [0.2, 0.25) is 5.91 Å². The molecule has 4 rings (SSSR count). The first-order valence-electron chi connectivity index (χ1n) is 9.30. The Balaban J connectivity index is 1.59. The lowest BCUT2D eigenvalue weighted by atomic mass is 10.1. The Morgan fingerprint density at radius 1 is 1.10 bits per heavy atom. The van der Waals surface area contributed by atoms with E-state index in [0.29, 0.717) is 22.8 Å². The number of thioether (sulfide) groups is 1. The van der Waals surface area contributed by atoms with E-state index in [1.807, 2.05) is 60.7 Å². The third-order valence-corrected chi connectivity index (χ3v) is 6.42. The van der Waals surface area contributed by atoms with Crippen LogP contribution in [-0.4, -0.2) is 24.7 Å². The second-order valence-corrected chi connectivity index (χ2v) is 8.70. The molecular formula is C23H19BrN2O3S. The SMILES string of the molecule is COc1cccc(N2C(=O)CSC2c2cccc(NC(=O)c3cccc(Br)c3)c2)c1. The van der Waals surface area contributed by atoms with Crippen molar-refractivity contribution in [1.82, 2.24) is 0 Å². The maximum absolute atomic E-state index is 12.6. The van der Waals surface area contributed by atoms with E-state index in [0.717, 1.165) is 15.7 Å². The first-order valence-corrected chi connectivity index (χ1v) is 11.1. The topological polar surface area (TPSA) is 58.6 Å². The van der Waals surface area contributed by atoms with Crippen LogP contribution < -0.4 is 15.0 Å². The molecule has 152 valence electrons. The van der Waals surface area contributed by atoms with E-state index in [1.54, 1.807) is 35.9 Å². The molecule has 30 heavy (non-hydrogen) atoms. The van der Waals surface area contributed by atoms with Crippen molar-refractivity contribution in [3.8, 4) is 5.75 Å². The van der Waals surface area contributed by atoms with E-state index < -0.39 is 0 Å². The van der Waals surface area contributed by atoms with Crippen LogP contribution in [0.1, 0.15) is 21.3 Å². The average Bonchev–Trinajstić information content (AvgIpc) is 3.15. The minimum absolute atomic E-state index is 0.0434. The molecule has 1 aliphatic rings. The summed E-state index contributed by atoms with van der Waals surface area (Å²) in [7, 11) is 1.61. The number of carbonyl (C=O) groups is 2. The summed E-state index contributed by atoms with van der Waals surface area (Å²) in [6, 6.07) is 22.3. The van der Waals surface area contributed by atoms with Crippen LogP contribution in [0.3, 0.4) is 0 Å². The van der Waals surface area contributed by atoms with Crippen molar-refractivity contribution in [2.75, 3.05) is 23.1 Å². The van der Waals surface area contributed by atoms with E-state index in [1.165, 1.54) is 0 Å². The fraction of sp³-hybridized carbons (Fsp3) is 0.130. The number of amides is 2. The highest BCUT2D eigenvalue weighted by atomic mass is 79.9. The third kappa shape index (κ3) is 4.37. The molecule has 1 N–H and O–H groups in total. The van der Waals surface area contributed by atoms with Crippen molar-refractivity contribution in [3.63, 3.8) is 0 Å². The third-order valence-electron chi connectivity index (χ3n) is 4.72. The molecule has 1 fully saturated rings. The van der Waals surface area contributed by atoms with Gasteiger partial charge in [-0.2, -0.15) is 0 Å². The first kappa shape index (κ1) is 20.5. The van der Waals surface area contributed by atoms with Crippen LogP contribution >= 0.6 is 27.7 Å². The fourth-order valence-electron chi connectivity index (χ4n) is 3.31. The number of methoxy groups -OCH3 is 1. The van der Waals surface area contributed by atoms with Gasteiger partial charge in [0.25, 0.3) is 5.91 Å². The fourth-order valence-corrected chi connectivity index (χ4v) is 4.88. The van der Waals surface area contributed by atoms with E-state index >= 15 is 0 Å². The van der Waals surface area contributed by atoms with Crippen molar-refractivity contribution >= 4 is 50.9 Å². The number of hydrogen-bond donors (Lipinski definition) is 1. The Kier molecular flexibility index (Phi) is 6.11. The first-order chi connectivity index (χ1) is 14.5. The standard InChI is InChI=1S/C23H19BrN2O3S/c1-29-20-10-4-9-19(13-20)26-21(27)14-30-23(26)16-6-3-8-18(12-16)25-22(28)15-5-2-7-17(24)11-15/h2-13,23H,14H2,1H3,(H,25,28). The Bertz CT molecular complexity index is 1110. The Hall–Kier alpha value is -2.77. The van der Waals surface area contributed by atoms with Crippen LogP contribution in [-0.2, 0) is 4.79 Å². The molecule has 7 heteroatoms. The second kappa shape index (κ2) is 8.93. The summed E-state index contributed by atoms with van der Waals surface area (Å²) in [5, 5.41) is 2.77. The smallest absolute Gasteiger partial charge is 0.255 e. The van der Waals surface area contributed by atoms with E-state index in [-0.39, 0.29) is 17.2 Å². The zero-order valence-corrected chi connectivity index (χ0v) is 18.6. The number of halogens is 1. The van der Waals surface area contributed by atoms with Crippen molar-refractivity contribution in [2.24, 2.45) is 0 Å². The summed E-state index contributed by atoms with van der Waals surface area (Å²) in [5.74, 6) is 0.956. The summed E-state index contributed by atoms with van der Waals surface area (Å²) in [4.78, 5) is 27.0. The summed E-state index contributed by atoms with van der Waals surface area (Å²) < 4.78 is 6.15. The van der Waals surface area contributed by atoms with Crippen LogP contribution in [0.25, 0.3) is 0 Å². The van der Waals surface area contributed by atoms with Gasteiger partial charge in [-0.1, -0.05) is 40.2 Å². The van der Waals surface area contributed by atoms with Crippen LogP contribution in [0.15, 0.2) is 77.3 Å². The maximum Gasteiger partial charge on any atom is 0.255 e. The Morgan fingerprint density at radius 2 is 1.90 bits per heavy atom. The van der Waals surface area contributed by atoms with Crippen molar-refractivity contribution in [3.05, 3.63) is 88.4 Å². The highest BCUT2D eigenvalue weighted by molar-refractivity contribution is 9.10. The van der Waals surface area contributed by atoms with Crippen LogP contribution in [0, 0.1) is 0 Å². The van der Waals surface area contributed by atoms with Gasteiger partial charge in [0.1, 0.15) is 11.1 Å².